The molecule has 0 aliphatic carbocycles. The van der Waals surface area contributed by atoms with E-state index in [0.717, 1.165) is 18.7 Å². The summed E-state index contributed by atoms with van der Waals surface area (Å²) in [5.41, 5.74) is 0.915. The normalized spacial score (nSPS) is 18.2. The molecular formula is C10H11NO. The molecule has 1 amide bonds. The van der Waals surface area contributed by atoms with Crippen LogP contribution in [0.4, 0.5) is 5.69 Å². The van der Waals surface area contributed by atoms with Gasteiger partial charge in [-0.15, -0.1) is 0 Å². The van der Waals surface area contributed by atoms with Gasteiger partial charge in [0.25, 0.3) is 0 Å². The molecular weight excluding hydrogens is 150 g/mol. The van der Waals surface area contributed by atoms with Crippen molar-refractivity contribution in [2.45, 2.75) is 12.8 Å². The minimum Gasteiger partial charge on any atom is -0.312 e. The number of benzene rings is 1. The van der Waals surface area contributed by atoms with Crippen molar-refractivity contribution >= 4 is 11.6 Å². The van der Waals surface area contributed by atoms with Gasteiger partial charge in [0.15, 0.2) is 0 Å². The van der Waals surface area contributed by atoms with E-state index in [0.29, 0.717) is 12.5 Å². The summed E-state index contributed by atoms with van der Waals surface area (Å²) >= 11 is 0. The molecule has 0 aromatic heterocycles. The minimum atomic E-state index is 0.192. The molecule has 12 heavy (non-hydrogen) atoms. The largest absolute Gasteiger partial charge is 0.312 e. The molecule has 1 aromatic carbocycles. The van der Waals surface area contributed by atoms with Crippen molar-refractivity contribution in [2.24, 2.45) is 0 Å². The first-order valence-electron chi connectivity index (χ1n) is 4.64. The fraction of sp³-hybridized carbons (Fsp3) is 0.300. The average Bonchev–Trinajstić information content (AvgIpc) is 2.53. The van der Waals surface area contributed by atoms with Gasteiger partial charge in [0.2, 0.25) is 5.91 Å². The number of hydrogen-bond acceptors (Lipinski definition) is 1. The third kappa shape index (κ3) is 1.20. The molecule has 1 heterocycles. The topological polar surface area (TPSA) is 20.3 Å². The summed E-state index contributed by atoms with van der Waals surface area (Å²) in [4.78, 5) is 13.1. The highest BCUT2D eigenvalue weighted by molar-refractivity contribution is 5.95. The Morgan fingerprint density at radius 1 is 1.42 bits per heavy atom. The second-order valence-electron chi connectivity index (χ2n) is 2.91. The Kier molecular flexibility index (Phi) is 1.54. The maximum atomic E-state index is 11.3. The van der Waals surface area contributed by atoms with E-state index in [2.05, 4.69) is 0 Å². The summed E-state index contributed by atoms with van der Waals surface area (Å²) in [5, 5.41) is 0. The summed E-state index contributed by atoms with van der Waals surface area (Å²) in [6.07, 6.45) is 1.60. The Morgan fingerprint density at radius 2 is 2.17 bits per heavy atom. The fourth-order valence-corrected chi connectivity index (χ4v) is 1.48. The van der Waals surface area contributed by atoms with Crippen molar-refractivity contribution in [3.05, 3.63) is 30.3 Å². The molecule has 1 aromatic rings. The summed E-state index contributed by atoms with van der Waals surface area (Å²) < 4.78 is 7.31. The Morgan fingerprint density at radius 3 is 2.75 bits per heavy atom. The number of amides is 1. The molecule has 0 N–H and O–H groups in total. The Bertz CT molecular complexity index is 320. The molecule has 0 saturated carbocycles. The van der Waals surface area contributed by atoms with Gasteiger partial charge in [0, 0.05) is 18.7 Å². The van der Waals surface area contributed by atoms with E-state index in [4.69, 9.17) is 1.37 Å². The van der Waals surface area contributed by atoms with Crippen molar-refractivity contribution in [3.63, 3.8) is 0 Å². The van der Waals surface area contributed by atoms with Crippen LogP contribution in [0.15, 0.2) is 30.3 Å². The number of hydrogen-bond donors (Lipinski definition) is 0. The number of rotatable bonds is 1. The smallest absolute Gasteiger partial charge is 0.227 e. The van der Waals surface area contributed by atoms with Gasteiger partial charge in [-0.2, -0.15) is 0 Å². The van der Waals surface area contributed by atoms with Crippen LogP contribution in [0.1, 0.15) is 14.2 Å². The zero-order valence-electron chi connectivity index (χ0n) is 7.79. The van der Waals surface area contributed by atoms with E-state index in [-0.39, 0.29) is 5.91 Å². The van der Waals surface area contributed by atoms with Crippen molar-refractivity contribution in [1.29, 1.82) is 0 Å². The molecule has 2 heteroatoms. The lowest BCUT2D eigenvalue weighted by atomic mass is 10.3. The molecule has 62 valence electrons. The van der Waals surface area contributed by atoms with Crippen LogP contribution in [0.3, 0.4) is 0 Å². The van der Waals surface area contributed by atoms with Crippen molar-refractivity contribution < 1.29 is 6.17 Å². The van der Waals surface area contributed by atoms with Crippen LogP contribution < -0.4 is 4.90 Å². The van der Waals surface area contributed by atoms with Crippen LogP contribution in [-0.2, 0) is 4.79 Å². The van der Waals surface area contributed by atoms with Crippen LogP contribution in [0.25, 0.3) is 0 Å². The number of nitrogens with zero attached hydrogens (tertiary/aromatic N) is 1. The summed E-state index contributed by atoms with van der Waals surface area (Å²) in [6, 6.07) is 7.55. The monoisotopic (exact) mass is 162 g/mol. The van der Waals surface area contributed by atoms with Gasteiger partial charge in [-0.25, -0.2) is 0 Å². The molecule has 2 nitrogen and oxygen atoms in total. The van der Waals surface area contributed by atoms with Gasteiger partial charge in [0.1, 0.15) is 0 Å². The van der Waals surface area contributed by atoms with Crippen molar-refractivity contribution in [3.8, 4) is 0 Å². The van der Waals surface area contributed by atoms with E-state index in [1.165, 1.54) is 0 Å². The van der Waals surface area contributed by atoms with Crippen molar-refractivity contribution in [1.82, 2.24) is 0 Å². The molecule has 0 atom stereocenters. The third-order valence-corrected chi connectivity index (χ3v) is 2.09. The van der Waals surface area contributed by atoms with Crippen LogP contribution in [-0.4, -0.2) is 12.5 Å². The van der Waals surface area contributed by atoms with Gasteiger partial charge in [0.05, 0.1) is 1.37 Å². The Labute approximate surface area is 73.2 Å². The second-order valence-corrected chi connectivity index (χ2v) is 2.91. The van der Waals surface area contributed by atoms with Crippen LogP contribution in [0.2, 0.25) is 0 Å². The predicted octanol–water partition coefficient (Wildman–Crippen LogP) is 1.81. The maximum absolute atomic E-state index is 11.3. The number of para-hydroxylation sites is 1. The van der Waals surface area contributed by atoms with Crippen LogP contribution in [0.5, 0.6) is 0 Å². The molecule has 0 bridgehead atoms. The zero-order valence-corrected chi connectivity index (χ0v) is 6.79. The summed E-state index contributed by atoms with van der Waals surface area (Å²) in [6.45, 7) is 0.816. The highest BCUT2D eigenvalue weighted by Gasteiger charge is 2.20. The van der Waals surface area contributed by atoms with Gasteiger partial charge in [-0.3, -0.25) is 4.79 Å². The number of anilines is 1. The van der Waals surface area contributed by atoms with Gasteiger partial charge in [-0.1, -0.05) is 18.2 Å². The standard InChI is InChI=1S/C10H11NO/c12-10-7-4-8-11(10)9-5-2-1-3-6-9/h1-3,5-6H,4,7-8H2/i1D. The lowest BCUT2D eigenvalue weighted by Gasteiger charge is -2.14. The predicted molar refractivity (Wildman–Crippen MR) is 48.0 cm³/mol. The van der Waals surface area contributed by atoms with Crippen LogP contribution >= 0.6 is 0 Å². The summed E-state index contributed by atoms with van der Waals surface area (Å²) in [7, 11) is 0. The molecule has 0 spiro atoms. The van der Waals surface area contributed by atoms with Crippen molar-refractivity contribution in [2.75, 3.05) is 11.4 Å². The van der Waals surface area contributed by atoms with E-state index in [1.807, 2.05) is 12.1 Å². The fourth-order valence-electron chi connectivity index (χ4n) is 1.48. The zero-order chi connectivity index (χ0) is 9.26. The number of carbonyl (C=O) groups excluding carboxylic acids is 1. The maximum Gasteiger partial charge on any atom is 0.227 e. The summed E-state index contributed by atoms with van der Waals surface area (Å²) in [5.74, 6) is 0.192. The quantitative estimate of drug-likeness (QED) is 0.616. The Balaban J connectivity index is 2.25. The van der Waals surface area contributed by atoms with Gasteiger partial charge in [-0.05, 0) is 18.6 Å². The molecule has 1 saturated heterocycles. The molecule has 0 radical (unpaired) electrons. The molecule has 1 aliphatic heterocycles. The van der Waals surface area contributed by atoms with Crippen LogP contribution in [0, 0.1) is 0 Å². The molecule has 2 rings (SSSR count). The van der Waals surface area contributed by atoms with E-state index < -0.39 is 0 Å². The lowest BCUT2D eigenvalue weighted by Crippen LogP contribution is -2.23. The average molecular weight is 162 g/mol. The molecule has 1 fully saturated rings. The first kappa shape index (κ1) is 6.23. The first-order chi connectivity index (χ1) is 6.27. The third-order valence-electron chi connectivity index (χ3n) is 2.09. The molecule has 0 unspecified atom stereocenters. The Hall–Kier alpha value is -1.31. The van der Waals surface area contributed by atoms with E-state index in [9.17, 15) is 4.79 Å². The highest BCUT2D eigenvalue weighted by atomic mass is 16.2. The lowest BCUT2D eigenvalue weighted by molar-refractivity contribution is -0.117. The SMILES string of the molecule is [2H]c1ccc(N2CCCC2=O)cc1. The van der Waals surface area contributed by atoms with Gasteiger partial charge < -0.3 is 4.90 Å². The minimum absolute atomic E-state index is 0.192. The first-order valence-corrected chi connectivity index (χ1v) is 4.14. The number of carbonyl (C=O) groups is 1. The second kappa shape index (κ2) is 2.97. The van der Waals surface area contributed by atoms with Gasteiger partial charge >= 0.3 is 0 Å². The van der Waals surface area contributed by atoms with E-state index in [1.54, 1.807) is 17.0 Å². The van der Waals surface area contributed by atoms with E-state index >= 15 is 0 Å². The highest BCUT2D eigenvalue weighted by Crippen LogP contribution is 2.19. The molecule has 1 aliphatic rings.